The molecule has 2 atom stereocenters. The summed E-state index contributed by atoms with van der Waals surface area (Å²) in [5.41, 5.74) is 2.31. The zero-order chi connectivity index (χ0) is 14.1. The SMILES string of the molecule is CC1Cc2cccc(C(=O)O)c2OC1c1ccccc1. The van der Waals surface area contributed by atoms with Crippen LogP contribution in [-0.4, -0.2) is 11.1 Å². The van der Waals surface area contributed by atoms with Crippen LogP contribution in [0.3, 0.4) is 0 Å². The van der Waals surface area contributed by atoms with Crippen molar-refractivity contribution in [1.29, 1.82) is 0 Å². The Bertz CT molecular complexity index is 634. The van der Waals surface area contributed by atoms with Gasteiger partial charge in [0.25, 0.3) is 0 Å². The Labute approximate surface area is 117 Å². The molecule has 1 aliphatic rings. The molecule has 2 unspecified atom stereocenters. The first-order valence-corrected chi connectivity index (χ1v) is 6.73. The molecular weight excluding hydrogens is 252 g/mol. The molecule has 1 N–H and O–H groups in total. The van der Waals surface area contributed by atoms with Crippen LogP contribution in [0.4, 0.5) is 0 Å². The van der Waals surface area contributed by atoms with Crippen molar-refractivity contribution in [3.8, 4) is 5.75 Å². The molecule has 0 aliphatic carbocycles. The summed E-state index contributed by atoms with van der Waals surface area (Å²) in [6, 6.07) is 15.3. The van der Waals surface area contributed by atoms with E-state index in [4.69, 9.17) is 4.74 Å². The van der Waals surface area contributed by atoms with Gasteiger partial charge in [-0.1, -0.05) is 49.4 Å². The predicted octanol–water partition coefficient (Wildman–Crippen LogP) is 3.70. The number of hydrogen-bond donors (Lipinski definition) is 1. The fourth-order valence-electron chi connectivity index (χ4n) is 2.79. The molecule has 0 amide bonds. The molecule has 0 radical (unpaired) electrons. The van der Waals surface area contributed by atoms with Crippen LogP contribution in [0, 0.1) is 5.92 Å². The summed E-state index contributed by atoms with van der Waals surface area (Å²) >= 11 is 0. The molecule has 0 bridgehead atoms. The molecule has 20 heavy (non-hydrogen) atoms. The van der Waals surface area contributed by atoms with Gasteiger partial charge in [-0.05, 0) is 23.6 Å². The molecule has 102 valence electrons. The summed E-state index contributed by atoms with van der Waals surface area (Å²) in [5, 5.41) is 9.28. The lowest BCUT2D eigenvalue weighted by Crippen LogP contribution is -2.25. The van der Waals surface area contributed by atoms with E-state index in [1.54, 1.807) is 12.1 Å². The smallest absolute Gasteiger partial charge is 0.339 e. The number of carboxylic acid groups (broad SMARTS) is 1. The van der Waals surface area contributed by atoms with Gasteiger partial charge in [0.1, 0.15) is 17.4 Å². The van der Waals surface area contributed by atoms with Gasteiger partial charge in [-0.2, -0.15) is 0 Å². The van der Waals surface area contributed by atoms with E-state index in [0.29, 0.717) is 11.7 Å². The maximum absolute atomic E-state index is 11.3. The molecule has 1 aliphatic heterocycles. The number of rotatable bonds is 2. The Morgan fingerprint density at radius 2 is 1.90 bits per heavy atom. The number of aromatic carboxylic acids is 1. The van der Waals surface area contributed by atoms with Crippen molar-refractivity contribution in [3.05, 3.63) is 65.2 Å². The number of ether oxygens (including phenoxy) is 1. The number of para-hydroxylation sites is 1. The normalized spacial score (nSPS) is 20.9. The molecule has 1 heterocycles. The average molecular weight is 268 g/mol. The predicted molar refractivity (Wildman–Crippen MR) is 76.1 cm³/mol. The van der Waals surface area contributed by atoms with Gasteiger partial charge in [-0.3, -0.25) is 0 Å². The molecule has 0 saturated carbocycles. The third kappa shape index (κ3) is 2.16. The van der Waals surface area contributed by atoms with E-state index >= 15 is 0 Å². The van der Waals surface area contributed by atoms with Crippen LogP contribution in [0.1, 0.15) is 34.5 Å². The lowest BCUT2D eigenvalue weighted by atomic mass is 9.87. The van der Waals surface area contributed by atoms with E-state index in [0.717, 1.165) is 17.5 Å². The largest absolute Gasteiger partial charge is 0.484 e. The standard InChI is InChI=1S/C17H16O3/c1-11-10-13-8-5-9-14(17(18)19)16(13)20-15(11)12-6-3-2-4-7-12/h2-9,11,15H,10H2,1H3,(H,18,19). The summed E-state index contributed by atoms with van der Waals surface area (Å²) in [4.78, 5) is 11.3. The van der Waals surface area contributed by atoms with E-state index in [1.807, 2.05) is 36.4 Å². The lowest BCUT2D eigenvalue weighted by Gasteiger charge is -2.32. The van der Waals surface area contributed by atoms with Gasteiger partial charge in [0.05, 0.1) is 0 Å². The van der Waals surface area contributed by atoms with Crippen molar-refractivity contribution in [1.82, 2.24) is 0 Å². The second-order valence-corrected chi connectivity index (χ2v) is 5.23. The van der Waals surface area contributed by atoms with Crippen LogP contribution in [0.5, 0.6) is 5.75 Å². The van der Waals surface area contributed by atoms with Crippen molar-refractivity contribution < 1.29 is 14.6 Å². The van der Waals surface area contributed by atoms with Gasteiger partial charge in [0.2, 0.25) is 0 Å². The summed E-state index contributed by atoms with van der Waals surface area (Å²) < 4.78 is 6.04. The molecule has 3 heteroatoms. The number of carboxylic acids is 1. The van der Waals surface area contributed by atoms with Crippen LogP contribution >= 0.6 is 0 Å². The zero-order valence-electron chi connectivity index (χ0n) is 11.2. The Morgan fingerprint density at radius 1 is 1.15 bits per heavy atom. The van der Waals surface area contributed by atoms with Crippen LogP contribution in [0.25, 0.3) is 0 Å². The Balaban J connectivity index is 2.03. The van der Waals surface area contributed by atoms with Crippen molar-refractivity contribution >= 4 is 5.97 Å². The maximum atomic E-state index is 11.3. The van der Waals surface area contributed by atoms with Gasteiger partial charge >= 0.3 is 5.97 Å². The molecule has 0 spiro atoms. The number of fused-ring (bicyclic) bond motifs is 1. The highest BCUT2D eigenvalue weighted by Gasteiger charge is 2.30. The number of benzene rings is 2. The lowest BCUT2D eigenvalue weighted by molar-refractivity contribution is 0.0676. The first-order valence-electron chi connectivity index (χ1n) is 6.73. The third-order valence-electron chi connectivity index (χ3n) is 3.76. The van der Waals surface area contributed by atoms with E-state index in [9.17, 15) is 9.90 Å². The fourth-order valence-corrected chi connectivity index (χ4v) is 2.79. The van der Waals surface area contributed by atoms with E-state index in [1.165, 1.54) is 0 Å². The second kappa shape index (κ2) is 5.00. The summed E-state index contributed by atoms with van der Waals surface area (Å²) in [6.07, 6.45) is 0.736. The first kappa shape index (κ1) is 12.7. The second-order valence-electron chi connectivity index (χ2n) is 5.23. The first-order chi connectivity index (χ1) is 9.66. The molecule has 2 aromatic carbocycles. The summed E-state index contributed by atoms with van der Waals surface area (Å²) in [5.74, 6) is -0.107. The Kier molecular flexibility index (Phi) is 3.18. The maximum Gasteiger partial charge on any atom is 0.339 e. The quantitative estimate of drug-likeness (QED) is 0.903. The minimum atomic E-state index is -0.941. The molecular formula is C17H16O3. The van der Waals surface area contributed by atoms with Crippen LogP contribution in [0.15, 0.2) is 48.5 Å². The topological polar surface area (TPSA) is 46.5 Å². The molecule has 0 aromatic heterocycles. The Hall–Kier alpha value is -2.29. The highest BCUT2D eigenvalue weighted by atomic mass is 16.5. The van der Waals surface area contributed by atoms with Crippen molar-refractivity contribution in [2.75, 3.05) is 0 Å². The molecule has 0 saturated heterocycles. The average Bonchev–Trinajstić information content (AvgIpc) is 2.46. The van der Waals surface area contributed by atoms with Crippen molar-refractivity contribution in [2.45, 2.75) is 19.4 Å². The molecule has 2 aromatic rings. The monoisotopic (exact) mass is 268 g/mol. The van der Waals surface area contributed by atoms with Crippen molar-refractivity contribution in [2.24, 2.45) is 5.92 Å². The minimum absolute atomic E-state index is 0.0933. The van der Waals surface area contributed by atoms with Gasteiger partial charge in [-0.15, -0.1) is 0 Å². The van der Waals surface area contributed by atoms with Crippen LogP contribution < -0.4 is 4.74 Å². The van der Waals surface area contributed by atoms with Crippen LogP contribution in [-0.2, 0) is 6.42 Å². The number of hydrogen-bond acceptors (Lipinski definition) is 2. The van der Waals surface area contributed by atoms with Crippen LogP contribution in [0.2, 0.25) is 0 Å². The molecule has 3 rings (SSSR count). The number of carbonyl (C=O) groups is 1. The highest BCUT2D eigenvalue weighted by molar-refractivity contribution is 5.91. The zero-order valence-corrected chi connectivity index (χ0v) is 11.2. The van der Waals surface area contributed by atoms with Gasteiger partial charge in [-0.25, -0.2) is 4.79 Å². The molecule has 3 nitrogen and oxygen atoms in total. The van der Waals surface area contributed by atoms with E-state index in [2.05, 4.69) is 6.92 Å². The van der Waals surface area contributed by atoms with Crippen molar-refractivity contribution in [3.63, 3.8) is 0 Å². The van der Waals surface area contributed by atoms with E-state index in [-0.39, 0.29) is 11.7 Å². The summed E-state index contributed by atoms with van der Waals surface area (Å²) in [6.45, 7) is 2.13. The van der Waals surface area contributed by atoms with Gasteiger partial charge in [0.15, 0.2) is 0 Å². The van der Waals surface area contributed by atoms with Gasteiger partial charge in [0, 0.05) is 5.92 Å². The van der Waals surface area contributed by atoms with E-state index < -0.39 is 5.97 Å². The fraction of sp³-hybridized carbons (Fsp3) is 0.235. The summed E-state index contributed by atoms with van der Waals surface area (Å²) in [7, 11) is 0. The highest BCUT2D eigenvalue weighted by Crippen LogP contribution is 2.40. The Morgan fingerprint density at radius 3 is 2.60 bits per heavy atom. The minimum Gasteiger partial charge on any atom is -0.484 e. The third-order valence-corrected chi connectivity index (χ3v) is 3.76. The van der Waals surface area contributed by atoms with Gasteiger partial charge < -0.3 is 9.84 Å². The molecule has 0 fully saturated rings.